The van der Waals surface area contributed by atoms with Crippen molar-refractivity contribution in [2.75, 3.05) is 11.4 Å². The van der Waals surface area contributed by atoms with Gasteiger partial charge in [-0.15, -0.1) is 0 Å². The molecule has 1 aliphatic heterocycles. The zero-order chi connectivity index (χ0) is 24.4. The molecule has 4 rings (SSSR count). The zero-order valence-electron chi connectivity index (χ0n) is 19.3. The Morgan fingerprint density at radius 3 is 2.56 bits per heavy atom. The number of nitrogens with zero attached hydrogens (tertiary/aromatic N) is 2. The average molecular weight is 478 g/mol. The maximum atomic E-state index is 14.1. The molecule has 3 amide bonds. The molecule has 3 aromatic carbocycles. The van der Waals surface area contributed by atoms with Crippen LogP contribution in [0.5, 0.6) is 0 Å². The normalized spacial score (nSPS) is 18.7. The van der Waals surface area contributed by atoms with Crippen molar-refractivity contribution in [1.82, 2.24) is 4.90 Å². The fourth-order valence-corrected chi connectivity index (χ4v) is 5.08. The smallest absolute Gasteiger partial charge is 0.254 e. The van der Waals surface area contributed by atoms with E-state index in [0.29, 0.717) is 30.0 Å². The highest BCUT2D eigenvalue weighted by molar-refractivity contribution is 6.30. The Morgan fingerprint density at radius 2 is 1.85 bits per heavy atom. The van der Waals surface area contributed by atoms with Crippen LogP contribution in [-0.4, -0.2) is 35.2 Å². The summed E-state index contributed by atoms with van der Waals surface area (Å²) >= 11 is 6.26. The van der Waals surface area contributed by atoms with Crippen LogP contribution in [0.2, 0.25) is 5.02 Å². The van der Waals surface area contributed by atoms with E-state index in [2.05, 4.69) is 0 Å². The molecular weight excluding hydrogens is 450 g/mol. The van der Waals surface area contributed by atoms with Crippen LogP contribution < -0.4 is 10.6 Å². The van der Waals surface area contributed by atoms with Gasteiger partial charge in [0.15, 0.2) is 0 Å². The lowest BCUT2D eigenvalue weighted by Gasteiger charge is -2.34. The number of anilines is 1. The van der Waals surface area contributed by atoms with E-state index in [-0.39, 0.29) is 24.3 Å². The maximum Gasteiger partial charge on any atom is 0.254 e. The van der Waals surface area contributed by atoms with Gasteiger partial charge < -0.3 is 15.5 Å². The third kappa shape index (κ3) is 4.64. The van der Waals surface area contributed by atoms with Gasteiger partial charge >= 0.3 is 0 Å². The number of amides is 3. The highest BCUT2D eigenvalue weighted by atomic mass is 35.5. The first-order chi connectivity index (χ1) is 16.3. The predicted octanol–water partition coefficient (Wildman–Crippen LogP) is 4.63. The summed E-state index contributed by atoms with van der Waals surface area (Å²) in [5.74, 6) is -0.758. The molecule has 1 heterocycles. The number of carbonyl (C=O) groups is 3. The van der Waals surface area contributed by atoms with Gasteiger partial charge in [0, 0.05) is 36.6 Å². The summed E-state index contributed by atoms with van der Waals surface area (Å²) in [5, 5.41) is 2.51. The van der Waals surface area contributed by atoms with Gasteiger partial charge in [0.25, 0.3) is 5.91 Å². The molecule has 2 N–H and O–H groups in total. The van der Waals surface area contributed by atoms with Crippen molar-refractivity contribution in [2.45, 2.75) is 45.2 Å². The Bertz CT molecular complexity index is 1260. The summed E-state index contributed by atoms with van der Waals surface area (Å²) in [6.45, 7) is 3.90. The number of primary amides is 1. The van der Waals surface area contributed by atoms with Gasteiger partial charge in [-0.25, -0.2) is 0 Å². The number of rotatable bonds is 5. The van der Waals surface area contributed by atoms with E-state index in [1.807, 2.05) is 49.4 Å². The largest absolute Gasteiger partial charge is 0.370 e. The van der Waals surface area contributed by atoms with Crippen LogP contribution in [0, 0.1) is 0 Å². The fraction of sp³-hybridized carbons (Fsp3) is 0.296. The van der Waals surface area contributed by atoms with Crippen LogP contribution >= 0.6 is 11.6 Å². The second kappa shape index (κ2) is 9.85. The first kappa shape index (κ1) is 23.8. The third-order valence-electron chi connectivity index (χ3n) is 6.48. The number of nitrogens with two attached hydrogens (primary N) is 1. The molecule has 0 aliphatic carbocycles. The Labute approximate surface area is 204 Å². The second-order valence-electron chi connectivity index (χ2n) is 8.76. The molecule has 34 heavy (non-hydrogen) atoms. The molecule has 1 aliphatic rings. The minimum atomic E-state index is -0.802. The summed E-state index contributed by atoms with van der Waals surface area (Å²) in [4.78, 5) is 41.9. The molecule has 0 radical (unpaired) electrons. The quantitative estimate of drug-likeness (QED) is 0.581. The Balaban J connectivity index is 1.87. The minimum Gasteiger partial charge on any atom is -0.370 e. The highest BCUT2D eigenvalue weighted by Crippen LogP contribution is 2.37. The van der Waals surface area contributed by atoms with Gasteiger partial charge in [-0.05, 0) is 59.9 Å². The predicted molar refractivity (Wildman–Crippen MR) is 135 cm³/mol. The number of aryl methyl sites for hydroxylation is 1. The third-order valence-corrected chi connectivity index (χ3v) is 6.71. The zero-order valence-corrected chi connectivity index (χ0v) is 20.1. The highest BCUT2D eigenvalue weighted by Gasteiger charge is 2.39. The van der Waals surface area contributed by atoms with E-state index in [4.69, 9.17) is 17.3 Å². The van der Waals surface area contributed by atoms with Crippen LogP contribution in [-0.2, 0) is 20.8 Å². The molecule has 7 heteroatoms. The number of hydrogen-bond acceptors (Lipinski definition) is 3. The molecule has 176 valence electrons. The van der Waals surface area contributed by atoms with Crippen molar-refractivity contribution in [3.8, 4) is 0 Å². The van der Waals surface area contributed by atoms with E-state index in [1.54, 1.807) is 28.0 Å². The fourth-order valence-electron chi connectivity index (χ4n) is 4.89. The van der Waals surface area contributed by atoms with Crippen LogP contribution in [0.25, 0.3) is 10.8 Å². The van der Waals surface area contributed by atoms with E-state index in [9.17, 15) is 14.4 Å². The van der Waals surface area contributed by atoms with Crippen molar-refractivity contribution >= 4 is 45.8 Å². The van der Waals surface area contributed by atoms with E-state index in [0.717, 1.165) is 22.0 Å². The maximum absolute atomic E-state index is 14.1. The van der Waals surface area contributed by atoms with Crippen molar-refractivity contribution < 1.29 is 14.4 Å². The van der Waals surface area contributed by atoms with Gasteiger partial charge in [-0.1, -0.05) is 54.1 Å². The topological polar surface area (TPSA) is 83.7 Å². The van der Waals surface area contributed by atoms with E-state index < -0.39 is 11.9 Å². The molecule has 0 saturated carbocycles. The minimum absolute atomic E-state index is 0.148. The molecule has 2 atom stereocenters. The van der Waals surface area contributed by atoms with E-state index >= 15 is 0 Å². The average Bonchev–Trinajstić information content (AvgIpc) is 2.93. The molecule has 0 spiro atoms. The molecule has 3 aromatic rings. The SMILES string of the molecule is CC(=O)N1[C@H](C)CCN(c2ccc3ccccc3c2CCC(N)=O)C(=O)[C@@H]1c1cccc(Cl)c1. The number of benzene rings is 3. The van der Waals surface area contributed by atoms with Gasteiger partial charge in [-0.2, -0.15) is 0 Å². The summed E-state index contributed by atoms with van der Waals surface area (Å²) in [7, 11) is 0. The standard InChI is InChI=1S/C27H28ClN3O3/c1-17-14-15-30(27(34)26(31(17)18(2)32)20-7-5-8-21(28)16-20)24-12-10-19-6-3-4-9-22(19)23(24)11-13-25(29)33/h3-10,12,16-17,26H,11,13-15H2,1-2H3,(H2,29,33)/t17-,26+/m1/s1. The first-order valence-corrected chi connectivity index (χ1v) is 11.8. The van der Waals surface area contributed by atoms with Gasteiger partial charge in [0.05, 0.1) is 0 Å². The molecule has 6 nitrogen and oxygen atoms in total. The Morgan fingerprint density at radius 1 is 1.09 bits per heavy atom. The Hall–Kier alpha value is -3.38. The van der Waals surface area contributed by atoms with Crippen LogP contribution in [0.4, 0.5) is 5.69 Å². The van der Waals surface area contributed by atoms with Crippen LogP contribution in [0.1, 0.15) is 43.9 Å². The van der Waals surface area contributed by atoms with E-state index in [1.165, 1.54) is 6.92 Å². The van der Waals surface area contributed by atoms with Crippen molar-refractivity contribution in [3.05, 3.63) is 76.8 Å². The molecule has 0 unspecified atom stereocenters. The van der Waals surface area contributed by atoms with Crippen molar-refractivity contribution in [3.63, 3.8) is 0 Å². The lowest BCUT2D eigenvalue weighted by atomic mass is 9.97. The van der Waals surface area contributed by atoms with Crippen LogP contribution in [0.3, 0.4) is 0 Å². The monoisotopic (exact) mass is 477 g/mol. The lowest BCUT2D eigenvalue weighted by Crippen LogP contribution is -2.44. The number of halogens is 1. The van der Waals surface area contributed by atoms with Gasteiger partial charge in [-0.3, -0.25) is 14.4 Å². The summed E-state index contributed by atoms with van der Waals surface area (Å²) in [5.41, 5.74) is 7.79. The van der Waals surface area contributed by atoms with Gasteiger partial charge in [0.2, 0.25) is 11.8 Å². The molecular formula is C27H28ClN3O3. The number of fused-ring (bicyclic) bond motifs is 1. The van der Waals surface area contributed by atoms with Crippen molar-refractivity contribution in [1.29, 1.82) is 0 Å². The lowest BCUT2D eigenvalue weighted by molar-refractivity contribution is -0.139. The summed E-state index contributed by atoms with van der Waals surface area (Å²) in [6.07, 6.45) is 1.21. The molecule has 1 saturated heterocycles. The summed E-state index contributed by atoms with van der Waals surface area (Å²) in [6, 6.07) is 18.0. The van der Waals surface area contributed by atoms with Gasteiger partial charge in [0.1, 0.15) is 6.04 Å². The molecule has 1 fully saturated rings. The molecule has 0 aromatic heterocycles. The van der Waals surface area contributed by atoms with Crippen LogP contribution in [0.15, 0.2) is 60.7 Å². The summed E-state index contributed by atoms with van der Waals surface area (Å²) < 4.78 is 0. The number of hydrogen-bond donors (Lipinski definition) is 1. The molecule has 0 bridgehead atoms. The Kier molecular flexibility index (Phi) is 6.89. The first-order valence-electron chi connectivity index (χ1n) is 11.4. The second-order valence-corrected chi connectivity index (χ2v) is 9.20. The van der Waals surface area contributed by atoms with Crippen molar-refractivity contribution in [2.24, 2.45) is 5.73 Å². The number of carbonyl (C=O) groups excluding carboxylic acids is 3.